The number of rotatable bonds is 7. The van der Waals surface area contributed by atoms with Gasteiger partial charge in [-0.05, 0) is 42.3 Å². The van der Waals surface area contributed by atoms with Crippen molar-refractivity contribution in [1.82, 2.24) is 9.88 Å². The van der Waals surface area contributed by atoms with E-state index in [0.29, 0.717) is 30.1 Å². The van der Waals surface area contributed by atoms with Gasteiger partial charge in [0.05, 0.1) is 17.3 Å². The zero-order valence-electron chi connectivity index (χ0n) is 18.1. The first-order chi connectivity index (χ1) is 16.1. The maximum Gasteiger partial charge on any atom is 0.246 e. The molecule has 0 aliphatic carbocycles. The molecular weight excluding hydrogens is 414 g/mol. The van der Waals surface area contributed by atoms with E-state index in [1.165, 1.54) is 12.3 Å². The number of hydrogen-bond donors (Lipinski definition) is 2. The number of hydrogen-bond acceptors (Lipinski definition) is 6. The predicted molar refractivity (Wildman–Crippen MR) is 127 cm³/mol. The summed E-state index contributed by atoms with van der Waals surface area (Å²) in [7, 11) is 0. The summed E-state index contributed by atoms with van der Waals surface area (Å²) in [5.41, 5.74) is 9.27. The molecule has 0 saturated carbocycles. The Kier molecular flexibility index (Phi) is 6.67. The van der Waals surface area contributed by atoms with Gasteiger partial charge in [-0.15, -0.1) is 0 Å². The standard InChI is InChI=1S/C26H25N5O2/c1-2-24(32)31-13-12-20(17-31)30-26-19(14-27)15-29-16-23(26)25(28)18-8-10-22(11-9-18)33-21-6-4-3-5-7-21/h2-11,15-16,20,25H,1,12-13,17,28H2,(H,29,30). The monoisotopic (exact) mass is 439 g/mol. The lowest BCUT2D eigenvalue weighted by Gasteiger charge is -2.22. The molecule has 0 radical (unpaired) electrons. The van der Waals surface area contributed by atoms with Crippen LogP contribution in [0.15, 0.2) is 79.6 Å². The van der Waals surface area contributed by atoms with Crippen LogP contribution >= 0.6 is 0 Å². The summed E-state index contributed by atoms with van der Waals surface area (Å²) >= 11 is 0. The van der Waals surface area contributed by atoms with E-state index in [-0.39, 0.29) is 11.9 Å². The molecule has 2 atom stereocenters. The number of carbonyl (C=O) groups excluding carboxylic acids is 1. The lowest BCUT2D eigenvalue weighted by molar-refractivity contribution is -0.125. The minimum atomic E-state index is -0.494. The average Bonchev–Trinajstić information content (AvgIpc) is 3.33. The van der Waals surface area contributed by atoms with Crippen molar-refractivity contribution >= 4 is 11.6 Å². The van der Waals surface area contributed by atoms with Gasteiger partial charge in [0, 0.05) is 37.1 Å². The lowest BCUT2D eigenvalue weighted by atomic mass is 9.97. The molecule has 3 N–H and O–H groups in total. The van der Waals surface area contributed by atoms with Crippen LogP contribution in [0, 0.1) is 11.3 Å². The van der Waals surface area contributed by atoms with Gasteiger partial charge in [-0.3, -0.25) is 9.78 Å². The van der Waals surface area contributed by atoms with E-state index in [2.05, 4.69) is 22.9 Å². The van der Waals surface area contributed by atoms with Crippen LogP contribution in [-0.4, -0.2) is 34.9 Å². The maximum absolute atomic E-state index is 11.9. The molecule has 7 nitrogen and oxygen atoms in total. The topological polar surface area (TPSA) is 104 Å². The Hall–Kier alpha value is -4.15. The number of para-hydroxylation sites is 1. The smallest absolute Gasteiger partial charge is 0.246 e. The third-order valence-corrected chi connectivity index (χ3v) is 5.67. The molecule has 1 aromatic heterocycles. The molecule has 3 aromatic rings. The van der Waals surface area contributed by atoms with Crippen LogP contribution < -0.4 is 15.8 Å². The molecule has 1 fully saturated rings. The third-order valence-electron chi connectivity index (χ3n) is 5.67. The Morgan fingerprint density at radius 1 is 1.21 bits per heavy atom. The Labute approximate surface area is 193 Å². The quantitative estimate of drug-likeness (QED) is 0.540. The van der Waals surface area contributed by atoms with Gasteiger partial charge >= 0.3 is 0 Å². The van der Waals surface area contributed by atoms with E-state index in [0.717, 1.165) is 23.3 Å². The molecule has 1 amide bonds. The number of nitrogens with zero attached hydrogens (tertiary/aromatic N) is 3. The number of anilines is 1. The van der Waals surface area contributed by atoms with Crippen LogP contribution in [0.25, 0.3) is 0 Å². The van der Waals surface area contributed by atoms with Gasteiger partial charge in [-0.2, -0.15) is 5.26 Å². The van der Waals surface area contributed by atoms with Crippen LogP contribution in [-0.2, 0) is 4.79 Å². The summed E-state index contributed by atoms with van der Waals surface area (Å²) in [4.78, 5) is 17.9. The predicted octanol–water partition coefficient (Wildman–Crippen LogP) is 3.99. The maximum atomic E-state index is 11.9. The highest BCUT2D eigenvalue weighted by Crippen LogP contribution is 2.31. The fourth-order valence-corrected chi connectivity index (χ4v) is 3.92. The number of amides is 1. The Bertz CT molecular complexity index is 1170. The second-order valence-corrected chi connectivity index (χ2v) is 7.84. The van der Waals surface area contributed by atoms with Crippen LogP contribution in [0.1, 0.15) is 29.2 Å². The van der Waals surface area contributed by atoms with Gasteiger partial charge in [0.15, 0.2) is 0 Å². The highest BCUT2D eigenvalue weighted by molar-refractivity contribution is 5.87. The number of nitrogens with two attached hydrogens (primary N) is 1. The van der Waals surface area contributed by atoms with Crippen molar-refractivity contribution in [3.63, 3.8) is 0 Å². The largest absolute Gasteiger partial charge is 0.457 e. The Balaban J connectivity index is 1.54. The second kappa shape index (κ2) is 9.98. The molecule has 33 heavy (non-hydrogen) atoms. The Morgan fingerprint density at radius 2 is 1.94 bits per heavy atom. The summed E-state index contributed by atoms with van der Waals surface area (Å²) in [5, 5.41) is 13.1. The number of benzene rings is 2. The van der Waals surface area contributed by atoms with Crippen molar-refractivity contribution in [2.24, 2.45) is 5.73 Å². The van der Waals surface area contributed by atoms with E-state index in [1.807, 2.05) is 54.6 Å². The zero-order chi connectivity index (χ0) is 23.2. The van der Waals surface area contributed by atoms with Gasteiger partial charge < -0.3 is 20.7 Å². The molecule has 2 unspecified atom stereocenters. The van der Waals surface area contributed by atoms with Crippen LogP contribution in [0.3, 0.4) is 0 Å². The summed E-state index contributed by atoms with van der Waals surface area (Å²) in [6.45, 7) is 4.73. The van der Waals surface area contributed by atoms with Crippen molar-refractivity contribution in [2.45, 2.75) is 18.5 Å². The molecule has 0 bridgehead atoms. The van der Waals surface area contributed by atoms with Gasteiger partial charge in [0.2, 0.25) is 5.91 Å². The number of nitrogens with one attached hydrogen (secondary N) is 1. The summed E-state index contributed by atoms with van der Waals surface area (Å²) in [6, 6.07) is 18.8. The molecule has 166 valence electrons. The minimum Gasteiger partial charge on any atom is -0.457 e. The lowest BCUT2D eigenvalue weighted by Crippen LogP contribution is -2.30. The number of ether oxygens (including phenoxy) is 1. The molecule has 2 heterocycles. The SMILES string of the molecule is C=CC(=O)N1CCC(Nc2c(C#N)cncc2C(N)c2ccc(Oc3ccccc3)cc2)C1. The summed E-state index contributed by atoms with van der Waals surface area (Å²) in [5.74, 6) is 1.37. The molecule has 2 aromatic carbocycles. The van der Waals surface area contributed by atoms with E-state index >= 15 is 0 Å². The molecule has 7 heteroatoms. The van der Waals surface area contributed by atoms with Crippen molar-refractivity contribution in [2.75, 3.05) is 18.4 Å². The fraction of sp³-hybridized carbons (Fsp3) is 0.192. The van der Waals surface area contributed by atoms with E-state index in [4.69, 9.17) is 10.5 Å². The van der Waals surface area contributed by atoms with Gasteiger partial charge in [0.1, 0.15) is 17.6 Å². The summed E-state index contributed by atoms with van der Waals surface area (Å²) < 4.78 is 5.86. The Morgan fingerprint density at radius 3 is 2.64 bits per heavy atom. The van der Waals surface area contributed by atoms with Gasteiger partial charge in [-0.1, -0.05) is 36.9 Å². The van der Waals surface area contributed by atoms with Crippen molar-refractivity contribution in [1.29, 1.82) is 5.26 Å². The number of nitriles is 1. The molecule has 1 aliphatic heterocycles. The van der Waals surface area contributed by atoms with Crippen molar-refractivity contribution < 1.29 is 9.53 Å². The van der Waals surface area contributed by atoms with Crippen LogP contribution in [0.5, 0.6) is 11.5 Å². The normalized spacial score (nSPS) is 16.0. The number of pyridine rings is 1. The second-order valence-electron chi connectivity index (χ2n) is 7.84. The highest BCUT2D eigenvalue weighted by Gasteiger charge is 2.27. The molecule has 0 spiro atoms. The summed E-state index contributed by atoms with van der Waals surface area (Å²) in [6.07, 6.45) is 5.30. The average molecular weight is 440 g/mol. The zero-order valence-corrected chi connectivity index (χ0v) is 18.1. The minimum absolute atomic E-state index is 0.0102. The highest BCUT2D eigenvalue weighted by atomic mass is 16.5. The van der Waals surface area contributed by atoms with E-state index < -0.39 is 6.04 Å². The molecule has 4 rings (SSSR count). The number of likely N-dealkylation sites (tertiary alicyclic amines) is 1. The van der Waals surface area contributed by atoms with E-state index in [1.54, 1.807) is 11.1 Å². The van der Waals surface area contributed by atoms with Crippen molar-refractivity contribution in [3.8, 4) is 17.6 Å². The number of carbonyl (C=O) groups is 1. The first-order valence-corrected chi connectivity index (χ1v) is 10.7. The first kappa shape index (κ1) is 22.1. The van der Waals surface area contributed by atoms with Gasteiger partial charge in [0.25, 0.3) is 0 Å². The fourth-order valence-electron chi connectivity index (χ4n) is 3.92. The van der Waals surface area contributed by atoms with E-state index in [9.17, 15) is 10.1 Å². The first-order valence-electron chi connectivity index (χ1n) is 10.7. The van der Waals surface area contributed by atoms with Gasteiger partial charge in [-0.25, -0.2) is 0 Å². The van der Waals surface area contributed by atoms with Crippen molar-refractivity contribution in [3.05, 3.63) is 96.3 Å². The number of aromatic nitrogens is 1. The van der Waals surface area contributed by atoms with Crippen LogP contribution in [0.4, 0.5) is 5.69 Å². The molecule has 1 saturated heterocycles. The molecule has 1 aliphatic rings. The van der Waals surface area contributed by atoms with Crippen LogP contribution in [0.2, 0.25) is 0 Å². The molecular formula is C26H25N5O2. The third kappa shape index (κ3) is 5.03.